The predicted molar refractivity (Wildman–Crippen MR) is 107 cm³/mol. The second-order valence-electron chi connectivity index (χ2n) is 7.57. The fourth-order valence-corrected chi connectivity index (χ4v) is 3.71. The molecule has 0 saturated heterocycles. The van der Waals surface area contributed by atoms with E-state index < -0.39 is 5.60 Å². The highest BCUT2D eigenvalue weighted by Crippen LogP contribution is 2.42. The quantitative estimate of drug-likeness (QED) is 0.665. The Hall–Kier alpha value is -2.43. The van der Waals surface area contributed by atoms with Crippen molar-refractivity contribution in [2.75, 3.05) is 0 Å². The Kier molecular flexibility index (Phi) is 4.41. The van der Waals surface area contributed by atoms with Gasteiger partial charge in [-0.3, -0.25) is 4.99 Å². The molecule has 0 saturated carbocycles. The van der Waals surface area contributed by atoms with Crippen molar-refractivity contribution in [1.29, 1.82) is 0 Å². The third kappa shape index (κ3) is 3.43. The van der Waals surface area contributed by atoms with E-state index in [1.807, 2.05) is 43.3 Å². The van der Waals surface area contributed by atoms with Crippen LogP contribution in [-0.2, 0) is 0 Å². The van der Waals surface area contributed by atoms with E-state index in [1.54, 1.807) is 13.8 Å². The summed E-state index contributed by atoms with van der Waals surface area (Å²) in [7, 11) is 0. The molecular weight excluding hydrogens is 360 g/mol. The minimum absolute atomic E-state index is 0.334. The fraction of sp³-hybridized carbons (Fsp3) is 0.273. The average Bonchev–Trinajstić information content (AvgIpc) is 2.94. The summed E-state index contributed by atoms with van der Waals surface area (Å²) < 4.78 is 5.70. The number of nitrogens with zero attached hydrogens (tertiary/aromatic N) is 2. The summed E-state index contributed by atoms with van der Waals surface area (Å²) in [4.78, 5) is 5.04. The number of aryl methyl sites for hydroxylation is 1. The van der Waals surface area contributed by atoms with Crippen LogP contribution in [0.2, 0.25) is 5.02 Å². The molecule has 0 spiro atoms. The molecule has 4 rings (SSSR count). The Morgan fingerprint density at radius 1 is 1.07 bits per heavy atom. The van der Waals surface area contributed by atoms with Crippen LogP contribution < -0.4 is 0 Å². The number of aromatic nitrogens is 1. The first-order valence-electron chi connectivity index (χ1n) is 8.95. The van der Waals surface area contributed by atoms with Gasteiger partial charge in [-0.25, -0.2) is 0 Å². The second kappa shape index (κ2) is 6.63. The lowest BCUT2D eigenvalue weighted by molar-refractivity contribution is 0.0608. The molecule has 2 heterocycles. The largest absolute Gasteiger partial charge is 0.390 e. The number of aliphatic imine (C=N–C) groups is 1. The Morgan fingerprint density at radius 3 is 2.41 bits per heavy atom. The van der Waals surface area contributed by atoms with Gasteiger partial charge in [-0.05, 0) is 38.5 Å². The van der Waals surface area contributed by atoms with E-state index in [4.69, 9.17) is 21.1 Å². The molecule has 0 bridgehead atoms. The first kappa shape index (κ1) is 18.0. The van der Waals surface area contributed by atoms with Gasteiger partial charge in [-0.1, -0.05) is 53.2 Å². The van der Waals surface area contributed by atoms with Crippen LogP contribution in [0.5, 0.6) is 0 Å². The molecule has 1 atom stereocenters. The van der Waals surface area contributed by atoms with Crippen LogP contribution in [0.1, 0.15) is 48.9 Å². The maximum Gasteiger partial charge on any atom is 0.169 e. The number of halogens is 1. The SMILES string of the molecule is Cc1noc2c1-c1ccccc1C(c1ccc(Cl)cc1)=N[C@H]2CC(C)(C)O. The molecule has 1 N–H and O–H groups in total. The summed E-state index contributed by atoms with van der Waals surface area (Å²) in [6.45, 7) is 5.50. The molecular formula is C22H21ClN2O2. The Balaban J connectivity index is 1.98. The zero-order valence-corrected chi connectivity index (χ0v) is 16.3. The third-order valence-electron chi connectivity index (χ3n) is 4.74. The van der Waals surface area contributed by atoms with E-state index in [9.17, 15) is 5.11 Å². The van der Waals surface area contributed by atoms with Crippen LogP contribution in [0.3, 0.4) is 0 Å². The zero-order chi connectivity index (χ0) is 19.2. The number of benzene rings is 2. The van der Waals surface area contributed by atoms with Crippen LogP contribution in [0, 0.1) is 6.92 Å². The number of rotatable bonds is 3. The molecule has 0 radical (unpaired) electrons. The van der Waals surface area contributed by atoms with Gasteiger partial charge >= 0.3 is 0 Å². The highest BCUT2D eigenvalue weighted by Gasteiger charge is 2.33. The molecule has 0 aliphatic carbocycles. The van der Waals surface area contributed by atoms with Crippen molar-refractivity contribution in [3.63, 3.8) is 0 Å². The average molecular weight is 381 g/mol. The molecule has 2 aromatic carbocycles. The van der Waals surface area contributed by atoms with Crippen molar-refractivity contribution in [3.05, 3.63) is 76.1 Å². The highest BCUT2D eigenvalue weighted by molar-refractivity contribution is 6.30. The van der Waals surface area contributed by atoms with E-state index in [-0.39, 0.29) is 6.04 Å². The Bertz CT molecular complexity index is 1010. The zero-order valence-electron chi connectivity index (χ0n) is 15.5. The summed E-state index contributed by atoms with van der Waals surface area (Å²) in [6, 6.07) is 15.5. The van der Waals surface area contributed by atoms with E-state index in [0.717, 1.165) is 33.7 Å². The molecule has 0 fully saturated rings. The third-order valence-corrected chi connectivity index (χ3v) is 4.99. The number of hydrogen-bond donors (Lipinski definition) is 1. The molecule has 1 aromatic heterocycles. The van der Waals surface area contributed by atoms with Crippen LogP contribution in [0.4, 0.5) is 0 Å². The first-order valence-corrected chi connectivity index (χ1v) is 9.33. The van der Waals surface area contributed by atoms with Gasteiger partial charge in [-0.15, -0.1) is 0 Å². The smallest absolute Gasteiger partial charge is 0.169 e. The Labute approximate surface area is 163 Å². The van der Waals surface area contributed by atoms with Gasteiger partial charge in [0.15, 0.2) is 5.76 Å². The van der Waals surface area contributed by atoms with Crippen LogP contribution in [-0.4, -0.2) is 21.6 Å². The lowest BCUT2D eigenvalue weighted by Gasteiger charge is -2.21. The van der Waals surface area contributed by atoms with E-state index in [1.165, 1.54) is 0 Å². The lowest BCUT2D eigenvalue weighted by Crippen LogP contribution is -2.22. The molecule has 4 nitrogen and oxygen atoms in total. The van der Waals surface area contributed by atoms with E-state index in [0.29, 0.717) is 17.2 Å². The van der Waals surface area contributed by atoms with Crippen LogP contribution in [0.15, 0.2) is 58.0 Å². The standard InChI is InChI=1S/C22H21ClN2O2/c1-13-19-16-6-4-5-7-17(16)20(14-8-10-15(23)11-9-14)24-18(12-22(2,3)26)21(19)27-25-13/h4-11,18,26H,12H2,1-3H3/t18-/m0/s1. The van der Waals surface area contributed by atoms with Crippen molar-refractivity contribution in [3.8, 4) is 11.1 Å². The molecule has 3 aromatic rings. The maximum atomic E-state index is 10.5. The highest BCUT2D eigenvalue weighted by atomic mass is 35.5. The van der Waals surface area contributed by atoms with Crippen LogP contribution in [0.25, 0.3) is 11.1 Å². The molecule has 0 amide bonds. The monoisotopic (exact) mass is 380 g/mol. The van der Waals surface area contributed by atoms with Crippen LogP contribution >= 0.6 is 11.6 Å². The second-order valence-corrected chi connectivity index (χ2v) is 8.01. The molecule has 27 heavy (non-hydrogen) atoms. The summed E-state index contributed by atoms with van der Waals surface area (Å²) in [6.07, 6.45) is 0.430. The molecule has 5 heteroatoms. The van der Waals surface area contributed by atoms with Crippen molar-refractivity contribution >= 4 is 17.3 Å². The van der Waals surface area contributed by atoms with Gasteiger partial charge < -0.3 is 9.63 Å². The topological polar surface area (TPSA) is 58.6 Å². The summed E-state index contributed by atoms with van der Waals surface area (Å²) >= 11 is 6.08. The fourth-order valence-electron chi connectivity index (χ4n) is 3.58. The normalized spacial score (nSPS) is 16.3. The van der Waals surface area contributed by atoms with Gasteiger partial charge in [-0.2, -0.15) is 0 Å². The minimum atomic E-state index is -0.895. The lowest BCUT2D eigenvalue weighted by atomic mass is 9.92. The number of hydrogen-bond acceptors (Lipinski definition) is 4. The van der Waals surface area contributed by atoms with Crippen molar-refractivity contribution < 1.29 is 9.63 Å². The minimum Gasteiger partial charge on any atom is -0.390 e. The molecule has 138 valence electrons. The van der Waals surface area contributed by atoms with Gasteiger partial charge in [0.25, 0.3) is 0 Å². The number of fused-ring (bicyclic) bond motifs is 3. The van der Waals surface area contributed by atoms with Crippen molar-refractivity contribution in [2.45, 2.75) is 38.8 Å². The van der Waals surface area contributed by atoms with Gasteiger partial charge in [0.1, 0.15) is 6.04 Å². The summed E-state index contributed by atoms with van der Waals surface area (Å²) in [5.74, 6) is 0.700. The first-order chi connectivity index (χ1) is 12.8. The van der Waals surface area contributed by atoms with Gasteiger partial charge in [0, 0.05) is 22.6 Å². The van der Waals surface area contributed by atoms with Crippen molar-refractivity contribution in [2.24, 2.45) is 4.99 Å². The summed E-state index contributed by atoms with van der Waals surface area (Å²) in [5, 5.41) is 15.3. The van der Waals surface area contributed by atoms with Gasteiger partial charge in [0.05, 0.1) is 22.6 Å². The maximum absolute atomic E-state index is 10.5. The molecule has 1 aliphatic rings. The molecule has 1 aliphatic heterocycles. The van der Waals surface area contributed by atoms with E-state index >= 15 is 0 Å². The predicted octanol–water partition coefficient (Wildman–Crippen LogP) is 5.36. The Morgan fingerprint density at radius 2 is 1.74 bits per heavy atom. The van der Waals surface area contributed by atoms with E-state index in [2.05, 4.69) is 17.3 Å². The summed E-state index contributed by atoms with van der Waals surface area (Å²) in [5.41, 5.74) is 4.79. The number of aliphatic hydroxyl groups is 1. The van der Waals surface area contributed by atoms with Gasteiger partial charge in [0.2, 0.25) is 0 Å². The van der Waals surface area contributed by atoms with Crippen molar-refractivity contribution in [1.82, 2.24) is 5.16 Å². The molecule has 0 unspecified atom stereocenters.